The molecule has 0 saturated carbocycles. The highest BCUT2D eigenvalue weighted by Crippen LogP contribution is 2.24. The van der Waals surface area contributed by atoms with Crippen LogP contribution >= 0.6 is 0 Å². The third-order valence-corrected chi connectivity index (χ3v) is 3.35. The SMILES string of the molecule is CC(C)(C)c1ccc(N2CCNCC(=O)C2)cc1. The van der Waals surface area contributed by atoms with E-state index in [4.69, 9.17) is 0 Å². The zero-order chi connectivity index (χ0) is 13.2. The van der Waals surface area contributed by atoms with Crippen LogP contribution in [0.3, 0.4) is 0 Å². The molecule has 1 aromatic carbocycles. The lowest BCUT2D eigenvalue weighted by Crippen LogP contribution is -2.30. The Morgan fingerprint density at radius 1 is 1.17 bits per heavy atom. The topological polar surface area (TPSA) is 32.3 Å². The largest absolute Gasteiger partial charge is 0.363 e. The van der Waals surface area contributed by atoms with Gasteiger partial charge < -0.3 is 10.2 Å². The molecule has 0 atom stereocenters. The third-order valence-electron chi connectivity index (χ3n) is 3.35. The second-order valence-corrected chi connectivity index (χ2v) is 5.93. The smallest absolute Gasteiger partial charge is 0.165 e. The first-order chi connectivity index (χ1) is 8.47. The molecule has 1 aliphatic heterocycles. The van der Waals surface area contributed by atoms with Crippen LogP contribution in [-0.2, 0) is 10.2 Å². The predicted octanol–water partition coefficient (Wildman–Crippen LogP) is 1.96. The minimum Gasteiger partial charge on any atom is -0.363 e. The van der Waals surface area contributed by atoms with Gasteiger partial charge in [0.05, 0.1) is 13.1 Å². The summed E-state index contributed by atoms with van der Waals surface area (Å²) in [5.41, 5.74) is 2.64. The van der Waals surface area contributed by atoms with E-state index in [-0.39, 0.29) is 11.2 Å². The number of benzene rings is 1. The Balaban J connectivity index is 2.16. The Morgan fingerprint density at radius 3 is 2.44 bits per heavy atom. The van der Waals surface area contributed by atoms with Crippen LogP contribution in [0.1, 0.15) is 26.3 Å². The minimum absolute atomic E-state index is 0.175. The number of nitrogens with zero attached hydrogens (tertiary/aromatic N) is 1. The molecule has 2 rings (SSSR count). The van der Waals surface area contributed by atoms with Gasteiger partial charge in [-0.1, -0.05) is 32.9 Å². The number of carbonyl (C=O) groups excluding carboxylic acids is 1. The molecule has 0 spiro atoms. The summed E-state index contributed by atoms with van der Waals surface area (Å²) in [6.45, 7) is 9.40. The fourth-order valence-corrected chi connectivity index (χ4v) is 2.18. The van der Waals surface area contributed by atoms with Crippen molar-refractivity contribution in [2.45, 2.75) is 26.2 Å². The van der Waals surface area contributed by atoms with Crippen molar-refractivity contribution in [3.63, 3.8) is 0 Å². The van der Waals surface area contributed by atoms with Crippen LogP contribution in [0, 0.1) is 0 Å². The molecule has 0 aliphatic carbocycles. The average Bonchev–Trinajstić information content (AvgIpc) is 2.53. The van der Waals surface area contributed by atoms with Crippen molar-refractivity contribution in [1.82, 2.24) is 5.32 Å². The molecule has 1 aliphatic rings. The molecular weight excluding hydrogens is 224 g/mol. The minimum atomic E-state index is 0.175. The molecule has 0 bridgehead atoms. The van der Waals surface area contributed by atoms with Gasteiger partial charge in [-0.15, -0.1) is 0 Å². The molecule has 0 aromatic heterocycles. The first kappa shape index (κ1) is 13.1. The van der Waals surface area contributed by atoms with Gasteiger partial charge in [0.2, 0.25) is 0 Å². The first-order valence-electron chi connectivity index (χ1n) is 6.55. The van der Waals surface area contributed by atoms with Gasteiger partial charge in [0.25, 0.3) is 0 Å². The normalized spacial score (nSPS) is 17.7. The lowest BCUT2D eigenvalue weighted by atomic mass is 9.87. The molecular formula is C15H22N2O. The van der Waals surface area contributed by atoms with E-state index in [1.54, 1.807) is 0 Å². The van der Waals surface area contributed by atoms with E-state index >= 15 is 0 Å². The molecule has 1 aromatic rings. The van der Waals surface area contributed by atoms with Crippen molar-refractivity contribution in [2.75, 3.05) is 31.1 Å². The maximum atomic E-state index is 11.6. The molecule has 0 amide bonds. The molecule has 1 fully saturated rings. The zero-order valence-corrected chi connectivity index (χ0v) is 11.5. The van der Waals surface area contributed by atoms with Crippen molar-refractivity contribution in [1.29, 1.82) is 0 Å². The van der Waals surface area contributed by atoms with Crippen LogP contribution in [0.4, 0.5) is 5.69 Å². The number of anilines is 1. The van der Waals surface area contributed by atoms with Gasteiger partial charge in [-0.05, 0) is 23.1 Å². The second-order valence-electron chi connectivity index (χ2n) is 5.93. The summed E-state index contributed by atoms with van der Waals surface area (Å²) < 4.78 is 0. The number of nitrogens with one attached hydrogen (secondary N) is 1. The van der Waals surface area contributed by atoms with E-state index in [2.05, 4.69) is 55.3 Å². The van der Waals surface area contributed by atoms with Crippen molar-refractivity contribution in [3.05, 3.63) is 29.8 Å². The lowest BCUT2D eigenvalue weighted by Gasteiger charge is -2.24. The van der Waals surface area contributed by atoms with E-state index in [0.29, 0.717) is 13.1 Å². The van der Waals surface area contributed by atoms with Crippen molar-refractivity contribution < 1.29 is 4.79 Å². The maximum absolute atomic E-state index is 11.6. The van der Waals surface area contributed by atoms with Crippen LogP contribution < -0.4 is 10.2 Å². The number of rotatable bonds is 1. The summed E-state index contributed by atoms with van der Waals surface area (Å²) in [5, 5.41) is 3.14. The number of hydrogen-bond donors (Lipinski definition) is 1. The summed E-state index contributed by atoms with van der Waals surface area (Å²) in [7, 11) is 0. The van der Waals surface area contributed by atoms with Gasteiger partial charge in [0, 0.05) is 18.8 Å². The van der Waals surface area contributed by atoms with E-state index in [1.165, 1.54) is 5.56 Å². The van der Waals surface area contributed by atoms with Gasteiger partial charge in [0.15, 0.2) is 5.78 Å². The van der Waals surface area contributed by atoms with Gasteiger partial charge in [-0.3, -0.25) is 4.79 Å². The van der Waals surface area contributed by atoms with Gasteiger partial charge in [-0.2, -0.15) is 0 Å². The first-order valence-corrected chi connectivity index (χ1v) is 6.55. The summed E-state index contributed by atoms with van der Waals surface area (Å²) in [6, 6.07) is 8.58. The summed E-state index contributed by atoms with van der Waals surface area (Å²) in [4.78, 5) is 13.7. The molecule has 3 nitrogen and oxygen atoms in total. The Bertz CT molecular complexity index is 417. The average molecular weight is 246 g/mol. The van der Waals surface area contributed by atoms with Crippen molar-refractivity contribution in [3.8, 4) is 0 Å². The van der Waals surface area contributed by atoms with Crippen LogP contribution in [0.25, 0.3) is 0 Å². The van der Waals surface area contributed by atoms with Crippen LogP contribution in [0.15, 0.2) is 24.3 Å². The molecule has 3 heteroatoms. The van der Waals surface area contributed by atoms with Crippen LogP contribution in [0.2, 0.25) is 0 Å². The summed E-state index contributed by atoms with van der Waals surface area (Å²) in [5.74, 6) is 0.257. The quantitative estimate of drug-likeness (QED) is 0.822. The Hall–Kier alpha value is -1.35. The Labute approximate surface area is 109 Å². The Morgan fingerprint density at radius 2 is 1.83 bits per heavy atom. The molecule has 98 valence electrons. The van der Waals surface area contributed by atoms with Crippen molar-refractivity contribution >= 4 is 11.5 Å². The number of carbonyl (C=O) groups is 1. The highest BCUT2D eigenvalue weighted by Gasteiger charge is 2.17. The standard InChI is InChI=1S/C15H22N2O/c1-15(2,3)12-4-6-13(7-5-12)17-9-8-16-10-14(18)11-17/h4-7,16H,8-11H2,1-3H3. The number of Topliss-reactive ketones (excluding diaryl/α,β-unsaturated/α-hetero) is 1. The zero-order valence-electron chi connectivity index (χ0n) is 11.5. The van der Waals surface area contributed by atoms with E-state index in [0.717, 1.165) is 18.8 Å². The summed E-state index contributed by atoms with van der Waals surface area (Å²) in [6.07, 6.45) is 0. The number of ketones is 1. The fourth-order valence-electron chi connectivity index (χ4n) is 2.18. The number of hydrogen-bond acceptors (Lipinski definition) is 3. The van der Waals surface area contributed by atoms with Crippen LogP contribution in [0.5, 0.6) is 0 Å². The fraction of sp³-hybridized carbons (Fsp3) is 0.533. The second kappa shape index (κ2) is 5.11. The van der Waals surface area contributed by atoms with E-state index < -0.39 is 0 Å². The Kier molecular flexibility index (Phi) is 3.71. The molecule has 1 heterocycles. The monoisotopic (exact) mass is 246 g/mol. The molecule has 1 N–H and O–H groups in total. The van der Waals surface area contributed by atoms with Crippen LogP contribution in [-0.4, -0.2) is 32.0 Å². The van der Waals surface area contributed by atoms with Gasteiger partial charge in [-0.25, -0.2) is 0 Å². The van der Waals surface area contributed by atoms with Gasteiger partial charge >= 0.3 is 0 Å². The lowest BCUT2D eigenvalue weighted by molar-refractivity contribution is -0.116. The van der Waals surface area contributed by atoms with E-state index in [1.807, 2.05) is 0 Å². The molecule has 0 unspecified atom stereocenters. The van der Waals surface area contributed by atoms with Gasteiger partial charge in [0.1, 0.15) is 0 Å². The third kappa shape index (κ3) is 3.10. The molecule has 0 radical (unpaired) electrons. The van der Waals surface area contributed by atoms with E-state index in [9.17, 15) is 4.79 Å². The highest BCUT2D eigenvalue weighted by atomic mass is 16.1. The summed E-state index contributed by atoms with van der Waals surface area (Å²) >= 11 is 0. The predicted molar refractivity (Wildman–Crippen MR) is 75.2 cm³/mol. The highest BCUT2D eigenvalue weighted by molar-refractivity contribution is 5.85. The maximum Gasteiger partial charge on any atom is 0.165 e. The molecule has 1 saturated heterocycles. The van der Waals surface area contributed by atoms with Crippen molar-refractivity contribution in [2.24, 2.45) is 0 Å². The molecule has 18 heavy (non-hydrogen) atoms.